The van der Waals surface area contributed by atoms with Gasteiger partial charge in [0, 0.05) is 0 Å². The van der Waals surface area contributed by atoms with Crippen LogP contribution in [-0.4, -0.2) is 13.6 Å². The molecule has 0 aromatic heterocycles. The van der Waals surface area contributed by atoms with E-state index in [2.05, 4.69) is 17.5 Å². The van der Waals surface area contributed by atoms with Gasteiger partial charge < -0.3 is 5.32 Å². The molecule has 1 N–H and O–H groups in total. The zero-order valence-corrected chi connectivity index (χ0v) is 7.47. The predicted octanol–water partition coefficient (Wildman–Crippen LogP) is 2.34. The number of nitrogens with one attached hydrogen (secondary N) is 1. The van der Waals surface area contributed by atoms with Crippen molar-refractivity contribution in [2.75, 3.05) is 13.6 Å². The number of hydrogen-bond donors (Lipinski definition) is 1. The molecule has 0 saturated heterocycles. The highest BCUT2D eigenvalue weighted by atomic mass is 14.8. The van der Waals surface area contributed by atoms with Crippen LogP contribution >= 0.6 is 0 Å². The zero-order chi connectivity index (χ0) is 7.94. The molecule has 1 nitrogen and oxygen atoms in total. The SMILES string of the molecule is CNCCC=CCCC1CC1. The van der Waals surface area contributed by atoms with E-state index in [-0.39, 0.29) is 0 Å². The van der Waals surface area contributed by atoms with Gasteiger partial charge in [-0.1, -0.05) is 25.0 Å². The van der Waals surface area contributed by atoms with Gasteiger partial charge in [0.15, 0.2) is 0 Å². The quantitative estimate of drug-likeness (QED) is 0.456. The molecular formula is C10H19N. The van der Waals surface area contributed by atoms with Gasteiger partial charge >= 0.3 is 0 Å². The van der Waals surface area contributed by atoms with Crippen molar-refractivity contribution in [3.05, 3.63) is 12.2 Å². The van der Waals surface area contributed by atoms with Crippen molar-refractivity contribution in [3.8, 4) is 0 Å². The van der Waals surface area contributed by atoms with Crippen molar-refractivity contribution < 1.29 is 0 Å². The molecule has 1 rings (SSSR count). The average Bonchev–Trinajstić information content (AvgIpc) is 2.80. The second-order valence-electron chi connectivity index (χ2n) is 3.38. The van der Waals surface area contributed by atoms with Crippen LogP contribution in [0.25, 0.3) is 0 Å². The lowest BCUT2D eigenvalue weighted by molar-refractivity contribution is 0.737. The minimum absolute atomic E-state index is 1.09. The van der Waals surface area contributed by atoms with Crippen molar-refractivity contribution >= 4 is 0 Å². The monoisotopic (exact) mass is 153 g/mol. The Bertz CT molecular complexity index is 114. The molecule has 0 atom stereocenters. The molecule has 0 amide bonds. The van der Waals surface area contributed by atoms with Gasteiger partial charge in [0.2, 0.25) is 0 Å². The number of allylic oxidation sites excluding steroid dienone is 1. The Labute approximate surface area is 69.9 Å². The van der Waals surface area contributed by atoms with Gasteiger partial charge in [0.25, 0.3) is 0 Å². The fourth-order valence-electron chi connectivity index (χ4n) is 1.20. The van der Waals surface area contributed by atoms with Crippen molar-refractivity contribution in [2.45, 2.75) is 32.1 Å². The average molecular weight is 153 g/mol. The summed E-state index contributed by atoms with van der Waals surface area (Å²) in [5.41, 5.74) is 0. The Balaban J connectivity index is 1.80. The number of hydrogen-bond acceptors (Lipinski definition) is 1. The summed E-state index contributed by atoms with van der Waals surface area (Å²) >= 11 is 0. The first-order valence-corrected chi connectivity index (χ1v) is 4.73. The largest absolute Gasteiger partial charge is 0.319 e. The van der Waals surface area contributed by atoms with E-state index < -0.39 is 0 Å². The molecule has 1 saturated carbocycles. The van der Waals surface area contributed by atoms with Gasteiger partial charge in [-0.25, -0.2) is 0 Å². The lowest BCUT2D eigenvalue weighted by Crippen LogP contribution is -2.05. The molecule has 1 aliphatic rings. The summed E-state index contributed by atoms with van der Waals surface area (Å²) in [6, 6.07) is 0. The van der Waals surface area contributed by atoms with E-state index >= 15 is 0 Å². The van der Waals surface area contributed by atoms with Gasteiger partial charge in [-0.3, -0.25) is 0 Å². The molecule has 0 radical (unpaired) electrons. The van der Waals surface area contributed by atoms with E-state index in [0.717, 1.165) is 12.5 Å². The Morgan fingerprint density at radius 1 is 1.27 bits per heavy atom. The first-order valence-electron chi connectivity index (χ1n) is 4.73. The summed E-state index contributed by atoms with van der Waals surface area (Å²) in [5, 5.41) is 3.13. The van der Waals surface area contributed by atoms with Crippen LogP contribution in [0.3, 0.4) is 0 Å². The Morgan fingerprint density at radius 2 is 2.00 bits per heavy atom. The molecule has 1 fully saturated rings. The molecule has 0 aromatic rings. The second kappa shape index (κ2) is 5.36. The van der Waals surface area contributed by atoms with E-state index in [0.29, 0.717) is 0 Å². The molecule has 64 valence electrons. The van der Waals surface area contributed by atoms with Crippen LogP contribution in [0.5, 0.6) is 0 Å². The first-order chi connectivity index (χ1) is 5.43. The fourth-order valence-corrected chi connectivity index (χ4v) is 1.20. The Morgan fingerprint density at radius 3 is 2.64 bits per heavy atom. The molecule has 1 aliphatic carbocycles. The molecule has 0 bridgehead atoms. The third-order valence-corrected chi connectivity index (χ3v) is 2.17. The van der Waals surface area contributed by atoms with Crippen LogP contribution in [0.4, 0.5) is 0 Å². The van der Waals surface area contributed by atoms with Crippen molar-refractivity contribution in [2.24, 2.45) is 5.92 Å². The minimum atomic E-state index is 1.09. The maximum atomic E-state index is 3.13. The molecule has 0 unspecified atom stereocenters. The van der Waals surface area contributed by atoms with Crippen molar-refractivity contribution in [1.82, 2.24) is 5.32 Å². The second-order valence-corrected chi connectivity index (χ2v) is 3.38. The van der Waals surface area contributed by atoms with Crippen LogP contribution in [-0.2, 0) is 0 Å². The fraction of sp³-hybridized carbons (Fsp3) is 0.800. The van der Waals surface area contributed by atoms with E-state index in [1.807, 2.05) is 7.05 Å². The standard InChI is InChI=1S/C10H19N/c1-11-9-5-3-2-4-6-10-7-8-10/h2-3,10-11H,4-9H2,1H3. The minimum Gasteiger partial charge on any atom is -0.319 e. The van der Waals surface area contributed by atoms with Gasteiger partial charge in [0.1, 0.15) is 0 Å². The number of rotatable bonds is 6. The molecule has 0 aliphatic heterocycles. The lowest BCUT2D eigenvalue weighted by Gasteiger charge is -1.92. The Hall–Kier alpha value is -0.300. The van der Waals surface area contributed by atoms with Crippen LogP contribution in [0.15, 0.2) is 12.2 Å². The summed E-state index contributed by atoms with van der Waals surface area (Å²) in [6.45, 7) is 1.11. The molecule has 0 aromatic carbocycles. The third kappa shape index (κ3) is 5.02. The highest BCUT2D eigenvalue weighted by Crippen LogP contribution is 2.33. The maximum Gasteiger partial charge on any atom is -0.00173 e. The molecule has 0 heterocycles. The highest BCUT2D eigenvalue weighted by Gasteiger charge is 2.19. The summed E-state index contributed by atoms with van der Waals surface area (Å²) in [4.78, 5) is 0. The summed E-state index contributed by atoms with van der Waals surface area (Å²) in [6.07, 6.45) is 11.5. The lowest BCUT2D eigenvalue weighted by atomic mass is 10.2. The van der Waals surface area contributed by atoms with Gasteiger partial charge in [-0.2, -0.15) is 0 Å². The summed E-state index contributed by atoms with van der Waals surface area (Å²) in [7, 11) is 2.00. The van der Waals surface area contributed by atoms with Crippen LogP contribution < -0.4 is 5.32 Å². The maximum absolute atomic E-state index is 3.13. The third-order valence-electron chi connectivity index (χ3n) is 2.17. The van der Waals surface area contributed by atoms with Crippen LogP contribution in [0, 0.1) is 5.92 Å². The Kier molecular flexibility index (Phi) is 4.29. The zero-order valence-electron chi connectivity index (χ0n) is 7.47. The van der Waals surface area contributed by atoms with Crippen LogP contribution in [0.2, 0.25) is 0 Å². The first kappa shape index (κ1) is 8.79. The van der Waals surface area contributed by atoms with Gasteiger partial charge in [-0.15, -0.1) is 0 Å². The molecule has 11 heavy (non-hydrogen) atoms. The smallest absolute Gasteiger partial charge is 0.00173 e. The van der Waals surface area contributed by atoms with E-state index in [1.165, 1.54) is 32.1 Å². The molecular weight excluding hydrogens is 134 g/mol. The highest BCUT2D eigenvalue weighted by molar-refractivity contribution is 4.84. The summed E-state index contributed by atoms with van der Waals surface area (Å²) < 4.78 is 0. The topological polar surface area (TPSA) is 12.0 Å². The van der Waals surface area contributed by atoms with E-state index in [1.54, 1.807) is 0 Å². The van der Waals surface area contributed by atoms with Gasteiger partial charge in [0.05, 0.1) is 0 Å². The summed E-state index contributed by atoms with van der Waals surface area (Å²) in [5.74, 6) is 1.09. The molecule has 1 heteroatoms. The molecule has 0 spiro atoms. The van der Waals surface area contributed by atoms with E-state index in [9.17, 15) is 0 Å². The van der Waals surface area contributed by atoms with Gasteiger partial charge in [-0.05, 0) is 38.8 Å². The normalized spacial score (nSPS) is 17.9. The predicted molar refractivity (Wildman–Crippen MR) is 49.6 cm³/mol. The van der Waals surface area contributed by atoms with Crippen molar-refractivity contribution in [3.63, 3.8) is 0 Å². The van der Waals surface area contributed by atoms with E-state index in [4.69, 9.17) is 0 Å². The van der Waals surface area contributed by atoms with Crippen LogP contribution in [0.1, 0.15) is 32.1 Å². The van der Waals surface area contributed by atoms with Crippen molar-refractivity contribution in [1.29, 1.82) is 0 Å².